The van der Waals surface area contributed by atoms with Crippen molar-refractivity contribution >= 4 is 17.7 Å². The second-order valence-electron chi connectivity index (χ2n) is 2.46. The number of amides is 1. The monoisotopic (exact) mass is 275 g/mol. The number of ether oxygens (including phenoxy) is 1. The summed E-state index contributed by atoms with van der Waals surface area (Å²) in [7, 11) is 0. The van der Waals surface area contributed by atoms with Crippen LogP contribution in [-0.4, -0.2) is 17.6 Å². The van der Waals surface area contributed by atoms with Gasteiger partial charge < -0.3 is 15.6 Å². The molecule has 17 heavy (non-hydrogen) atoms. The predicted molar refractivity (Wildman–Crippen MR) is 50.3 cm³/mol. The smallest absolute Gasteiger partial charge is 0.465 e. The molecule has 0 aliphatic carbocycles. The Labute approximate surface area is 97.5 Å². The van der Waals surface area contributed by atoms with Gasteiger partial charge in [0, 0.05) is 0 Å². The van der Waals surface area contributed by atoms with Crippen molar-refractivity contribution in [3.05, 3.63) is 29.0 Å². The second-order valence-corrected chi connectivity index (χ2v) is 2.87. The lowest BCUT2D eigenvalue weighted by molar-refractivity contribution is -0.274. The minimum absolute atomic E-state index is 0.419. The van der Waals surface area contributed by atoms with Crippen LogP contribution < -0.4 is 10.5 Å². The van der Waals surface area contributed by atoms with Gasteiger partial charge in [0.25, 0.3) is 0 Å². The van der Waals surface area contributed by atoms with Gasteiger partial charge in [-0.2, -0.15) is 0 Å². The molecule has 9 heteroatoms. The molecule has 0 aliphatic heterocycles. The molecule has 96 valence electrons. The Bertz CT molecular complexity index is 393. The van der Waals surface area contributed by atoms with Crippen molar-refractivity contribution in [1.82, 2.24) is 0 Å². The molecule has 1 aromatic rings. The van der Waals surface area contributed by atoms with E-state index < -0.39 is 29.0 Å². The first-order valence-corrected chi connectivity index (χ1v) is 4.19. The zero-order valence-corrected chi connectivity index (χ0v) is 8.72. The maximum absolute atomic E-state index is 12.4. The summed E-state index contributed by atoms with van der Waals surface area (Å²) in [5, 5.41) is 6.78. The Balaban J connectivity index is 0.000000557. The van der Waals surface area contributed by atoms with Crippen LogP contribution in [0.3, 0.4) is 0 Å². The van der Waals surface area contributed by atoms with E-state index in [1.54, 1.807) is 0 Å². The van der Waals surface area contributed by atoms with Crippen LogP contribution in [0.2, 0.25) is 5.02 Å². The molecular formula is C8H6ClF4NO3. The Morgan fingerprint density at radius 1 is 1.41 bits per heavy atom. The lowest BCUT2D eigenvalue weighted by atomic mass is 10.3. The van der Waals surface area contributed by atoms with E-state index in [9.17, 15) is 17.6 Å². The van der Waals surface area contributed by atoms with Crippen molar-refractivity contribution < 1.29 is 32.2 Å². The van der Waals surface area contributed by atoms with Crippen molar-refractivity contribution in [2.24, 2.45) is 5.73 Å². The number of nitrogens with two attached hydrogens (primary N) is 1. The van der Waals surface area contributed by atoms with Gasteiger partial charge in [0.1, 0.15) is 11.6 Å². The second kappa shape index (κ2) is 6.14. The number of rotatable bonds is 1. The van der Waals surface area contributed by atoms with E-state index in [1.807, 2.05) is 0 Å². The van der Waals surface area contributed by atoms with Gasteiger partial charge in [-0.05, 0) is 18.2 Å². The maximum atomic E-state index is 12.4. The van der Waals surface area contributed by atoms with Crippen molar-refractivity contribution in [1.29, 1.82) is 0 Å². The average Bonchev–Trinajstić information content (AvgIpc) is 2.07. The van der Waals surface area contributed by atoms with Gasteiger partial charge in [-0.1, -0.05) is 11.6 Å². The van der Waals surface area contributed by atoms with Crippen molar-refractivity contribution in [3.63, 3.8) is 0 Å². The Morgan fingerprint density at radius 2 is 1.88 bits per heavy atom. The lowest BCUT2D eigenvalue weighted by Crippen LogP contribution is -2.17. The molecule has 0 fully saturated rings. The van der Waals surface area contributed by atoms with Crippen LogP contribution in [0.4, 0.5) is 22.4 Å². The zero-order valence-electron chi connectivity index (χ0n) is 7.96. The van der Waals surface area contributed by atoms with Crippen LogP contribution in [0.25, 0.3) is 0 Å². The highest BCUT2D eigenvalue weighted by Crippen LogP contribution is 2.30. The molecule has 0 heterocycles. The van der Waals surface area contributed by atoms with Gasteiger partial charge in [-0.3, -0.25) is 0 Å². The first kappa shape index (κ1) is 15.3. The van der Waals surface area contributed by atoms with E-state index >= 15 is 0 Å². The van der Waals surface area contributed by atoms with Crippen molar-refractivity contribution in [2.75, 3.05) is 0 Å². The highest BCUT2D eigenvalue weighted by Gasteiger charge is 2.31. The normalized spacial score (nSPS) is 10.2. The number of halogens is 5. The first-order valence-electron chi connectivity index (χ1n) is 3.81. The summed E-state index contributed by atoms with van der Waals surface area (Å²) < 4.78 is 50.8. The molecule has 0 atom stereocenters. The van der Waals surface area contributed by atoms with Gasteiger partial charge in [0.15, 0.2) is 0 Å². The number of carbonyl (C=O) groups is 1. The molecule has 0 bridgehead atoms. The fraction of sp³-hybridized carbons (Fsp3) is 0.125. The fourth-order valence-electron chi connectivity index (χ4n) is 0.683. The highest BCUT2D eigenvalue weighted by molar-refractivity contribution is 6.32. The standard InChI is InChI=1S/C7H3ClF4O.CH3NO2/c8-5-3-4(9)1-2-6(5)13-7(10,11)12;2-1(3)4/h1-3H;2H2,(H,3,4). The van der Waals surface area contributed by atoms with E-state index in [-0.39, 0.29) is 0 Å². The van der Waals surface area contributed by atoms with E-state index in [0.29, 0.717) is 0 Å². The van der Waals surface area contributed by atoms with E-state index in [1.165, 1.54) is 0 Å². The van der Waals surface area contributed by atoms with Crippen LogP contribution in [0.5, 0.6) is 5.75 Å². The average molecular weight is 276 g/mol. The summed E-state index contributed by atoms with van der Waals surface area (Å²) >= 11 is 5.27. The quantitative estimate of drug-likeness (QED) is 0.774. The molecule has 0 saturated heterocycles. The van der Waals surface area contributed by atoms with Crippen LogP contribution in [0.15, 0.2) is 18.2 Å². The minimum atomic E-state index is -4.82. The van der Waals surface area contributed by atoms with Crippen molar-refractivity contribution in [2.45, 2.75) is 6.36 Å². The molecule has 1 amide bonds. The third kappa shape index (κ3) is 8.14. The predicted octanol–water partition coefficient (Wildman–Crippen LogP) is 3.00. The fourth-order valence-corrected chi connectivity index (χ4v) is 0.888. The van der Waals surface area contributed by atoms with Gasteiger partial charge in [0.05, 0.1) is 5.02 Å². The number of carboxylic acid groups (broad SMARTS) is 1. The minimum Gasteiger partial charge on any atom is -0.465 e. The Hall–Kier alpha value is -1.70. The molecule has 0 aromatic heterocycles. The lowest BCUT2D eigenvalue weighted by Gasteiger charge is -2.09. The number of hydrogen-bond acceptors (Lipinski definition) is 2. The van der Waals surface area contributed by atoms with Crippen LogP contribution >= 0.6 is 11.6 Å². The third-order valence-corrected chi connectivity index (χ3v) is 1.41. The summed E-state index contributed by atoms with van der Waals surface area (Å²) in [5.41, 5.74) is 4.03. The number of hydrogen-bond donors (Lipinski definition) is 2. The molecule has 0 radical (unpaired) electrons. The maximum Gasteiger partial charge on any atom is 0.573 e. The largest absolute Gasteiger partial charge is 0.573 e. The summed E-state index contributed by atoms with van der Waals surface area (Å²) in [4.78, 5) is 8.78. The summed E-state index contributed by atoms with van der Waals surface area (Å²) in [5.74, 6) is -1.34. The molecule has 0 aliphatic rings. The molecule has 1 aromatic carbocycles. The summed E-state index contributed by atoms with van der Waals surface area (Å²) in [6.45, 7) is 0. The highest BCUT2D eigenvalue weighted by atomic mass is 35.5. The molecular weight excluding hydrogens is 270 g/mol. The van der Waals surface area contributed by atoms with Gasteiger partial charge in [-0.15, -0.1) is 13.2 Å². The van der Waals surface area contributed by atoms with E-state index in [2.05, 4.69) is 10.5 Å². The topological polar surface area (TPSA) is 72.5 Å². The van der Waals surface area contributed by atoms with Crippen LogP contribution in [-0.2, 0) is 0 Å². The number of benzene rings is 1. The SMILES string of the molecule is Fc1ccc(OC(F)(F)F)c(Cl)c1.NC(=O)O. The zero-order chi connectivity index (χ0) is 13.6. The molecule has 0 spiro atoms. The van der Waals surface area contributed by atoms with E-state index in [4.69, 9.17) is 21.5 Å². The van der Waals surface area contributed by atoms with Gasteiger partial charge in [-0.25, -0.2) is 9.18 Å². The first-order chi connectivity index (χ1) is 7.61. The third-order valence-electron chi connectivity index (χ3n) is 1.12. The van der Waals surface area contributed by atoms with Gasteiger partial charge >= 0.3 is 12.5 Å². The Morgan fingerprint density at radius 3 is 2.24 bits per heavy atom. The molecule has 1 rings (SSSR count). The van der Waals surface area contributed by atoms with Gasteiger partial charge in [0.2, 0.25) is 0 Å². The number of alkyl halides is 3. The van der Waals surface area contributed by atoms with Crippen LogP contribution in [0, 0.1) is 5.82 Å². The molecule has 3 N–H and O–H groups in total. The summed E-state index contributed by atoms with van der Waals surface area (Å²) in [6, 6.07) is 2.38. The molecule has 4 nitrogen and oxygen atoms in total. The van der Waals surface area contributed by atoms with E-state index in [0.717, 1.165) is 18.2 Å². The number of primary amides is 1. The Kier molecular flexibility index (Phi) is 5.52. The van der Waals surface area contributed by atoms with Crippen molar-refractivity contribution in [3.8, 4) is 5.75 Å². The summed E-state index contributed by atoms with van der Waals surface area (Å²) in [6.07, 6.45) is -6.15. The van der Waals surface area contributed by atoms with Crippen LogP contribution in [0.1, 0.15) is 0 Å². The molecule has 0 unspecified atom stereocenters. The molecule has 0 saturated carbocycles.